The van der Waals surface area contributed by atoms with Crippen molar-refractivity contribution in [3.05, 3.63) is 29.8 Å². The molecule has 1 aromatic carbocycles. The van der Waals surface area contributed by atoms with Crippen molar-refractivity contribution in [1.82, 2.24) is 0 Å². The van der Waals surface area contributed by atoms with Gasteiger partial charge in [0.25, 0.3) is 0 Å². The largest absolute Gasteiger partial charge is 0.352 e. The molecule has 14 heavy (non-hydrogen) atoms. The third-order valence-corrected chi connectivity index (χ3v) is 4.02. The average Bonchev–Trinajstić information content (AvgIpc) is 2.20. The summed E-state index contributed by atoms with van der Waals surface area (Å²) in [4.78, 5) is 0. The van der Waals surface area contributed by atoms with Crippen molar-refractivity contribution in [2.45, 2.75) is 19.4 Å². The van der Waals surface area contributed by atoms with E-state index in [2.05, 4.69) is 37.4 Å². The fourth-order valence-corrected chi connectivity index (χ4v) is 2.37. The van der Waals surface area contributed by atoms with Crippen molar-refractivity contribution in [1.29, 1.82) is 0 Å². The lowest BCUT2D eigenvalue weighted by Gasteiger charge is -2.14. The molecule has 1 rings (SSSR count). The van der Waals surface area contributed by atoms with Crippen molar-refractivity contribution in [3.63, 3.8) is 0 Å². The Labute approximate surface area is 87.5 Å². The first kappa shape index (κ1) is 11.4. The fraction of sp³-hybridized carbons (Fsp3) is 0.455. The van der Waals surface area contributed by atoms with Crippen LogP contribution in [0.1, 0.15) is 11.9 Å². The molecule has 0 fully saturated rings. The van der Waals surface area contributed by atoms with Crippen LogP contribution in [0, 0.1) is 0 Å². The lowest BCUT2D eigenvalue weighted by atomic mass is 10.2. The number of ether oxygens (including phenoxy) is 2. The van der Waals surface area contributed by atoms with Gasteiger partial charge in [-0.15, -0.1) is 0 Å². The molecule has 3 heteroatoms. The molecule has 78 valence electrons. The second-order valence-electron chi connectivity index (χ2n) is 3.62. The highest BCUT2D eigenvalue weighted by Gasteiger charge is 2.08. The molecule has 0 saturated heterocycles. The zero-order chi connectivity index (χ0) is 10.6. The smallest absolute Gasteiger partial charge is 0.183 e. The molecule has 0 aliphatic rings. The average molecular weight is 210 g/mol. The van der Waals surface area contributed by atoms with Crippen LogP contribution in [0.2, 0.25) is 13.1 Å². The van der Waals surface area contributed by atoms with Crippen molar-refractivity contribution in [2.75, 3.05) is 14.2 Å². The molecule has 0 bridgehead atoms. The Morgan fingerprint density at radius 1 is 1.00 bits per heavy atom. The first-order valence-electron chi connectivity index (χ1n) is 4.84. The highest BCUT2D eigenvalue weighted by atomic mass is 28.3. The maximum atomic E-state index is 5.17. The Balaban J connectivity index is 2.81. The van der Waals surface area contributed by atoms with Crippen molar-refractivity contribution in [2.24, 2.45) is 0 Å². The van der Waals surface area contributed by atoms with E-state index in [1.807, 2.05) is 0 Å². The van der Waals surface area contributed by atoms with E-state index in [1.165, 1.54) is 5.19 Å². The molecule has 0 atom stereocenters. The van der Waals surface area contributed by atoms with Gasteiger partial charge in [-0.1, -0.05) is 42.5 Å². The Hall–Kier alpha value is -0.643. The highest BCUT2D eigenvalue weighted by molar-refractivity contribution is 6.70. The van der Waals surface area contributed by atoms with E-state index in [1.54, 1.807) is 14.2 Å². The van der Waals surface area contributed by atoms with Gasteiger partial charge in [-0.3, -0.25) is 0 Å². The monoisotopic (exact) mass is 210 g/mol. The SMILES string of the molecule is COC(OC)c1ccc([SiH](C)C)cc1. The molecule has 0 heterocycles. The molecule has 2 nitrogen and oxygen atoms in total. The van der Waals surface area contributed by atoms with Gasteiger partial charge in [0.1, 0.15) is 0 Å². The van der Waals surface area contributed by atoms with Crippen molar-refractivity contribution < 1.29 is 9.47 Å². The standard InChI is InChI=1S/C11H18O2Si/c1-12-11(13-2)9-5-7-10(8-6-9)14(3)4/h5-8,11,14H,1-4H3. The molecule has 0 radical (unpaired) electrons. The van der Waals surface area contributed by atoms with E-state index < -0.39 is 8.80 Å². The zero-order valence-corrected chi connectivity index (χ0v) is 10.4. The molecular weight excluding hydrogens is 192 g/mol. The summed E-state index contributed by atoms with van der Waals surface area (Å²) in [6.45, 7) is 4.64. The molecule has 0 spiro atoms. The van der Waals surface area contributed by atoms with E-state index in [4.69, 9.17) is 9.47 Å². The summed E-state index contributed by atoms with van der Waals surface area (Å²) >= 11 is 0. The molecule has 0 unspecified atom stereocenters. The van der Waals surface area contributed by atoms with Crippen LogP contribution >= 0.6 is 0 Å². The summed E-state index contributed by atoms with van der Waals surface area (Å²) in [5.41, 5.74) is 1.08. The van der Waals surface area contributed by atoms with Crippen LogP contribution in [0.5, 0.6) is 0 Å². The Kier molecular flexibility index (Phi) is 4.32. The van der Waals surface area contributed by atoms with Crippen LogP contribution in [0.3, 0.4) is 0 Å². The second kappa shape index (κ2) is 5.29. The first-order valence-corrected chi connectivity index (χ1v) is 7.73. The predicted octanol–water partition coefficient (Wildman–Crippen LogP) is 1.67. The van der Waals surface area contributed by atoms with E-state index in [-0.39, 0.29) is 6.29 Å². The van der Waals surface area contributed by atoms with Gasteiger partial charge in [0, 0.05) is 19.8 Å². The summed E-state index contributed by atoms with van der Waals surface area (Å²) in [5.74, 6) is 0. The number of benzene rings is 1. The van der Waals surface area contributed by atoms with Gasteiger partial charge in [0.2, 0.25) is 0 Å². The normalized spacial score (nSPS) is 11.3. The lowest BCUT2D eigenvalue weighted by molar-refractivity contribution is -0.106. The minimum atomic E-state index is -0.680. The molecule has 1 aromatic rings. The van der Waals surface area contributed by atoms with Gasteiger partial charge >= 0.3 is 0 Å². The minimum Gasteiger partial charge on any atom is -0.352 e. The number of hydrogen-bond donors (Lipinski definition) is 0. The molecule has 0 aromatic heterocycles. The quantitative estimate of drug-likeness (QED) is 0.556. The van der Waals surface area contributed by atoms with Gasteiger partial charge in [0.05, 0.1) is 8.80 Å². The molecule has 0 aliphatic heterocycles. The Morgan fingerprint density at radius 3 is 1.86 bits per heavy atom. The third kappa shape index (κ3) is 2.67. The van der Waals surface area contributed by atoms with Crippen LogP contribution in [-0.2, 0) is 9.47 Å². The van der Waals surface area contributed by atoms with E-state index in [0.717, 1.165) is 5.56 Å². The number of hydrogen-bond acceptors (Lipinski definition) is 2. The summed E-state index contributed by atoms with van der Waals surface area (Å²) < 4.78 is 10.3. The van der Waals surface area contributed by atoms with Gasteiger partial charge in [-0.25, -0.2) is 0 Å². The Bertz CT molecular complexity index is 265. The van der Waals surface area contributed by atoms with Crippen LogP contribution < -0.4 is 5.19 Å². The maximum absolute atomic E-state index is 5.17. The van der Waals surface area contributed by atoms with Crippen LogP contribution in [0.4, 0.5) is 0 Å². The van der Waals surface area contributed by atoms with E-state index >= 15 is 0 Å². The van der Waals surface area contributed by atoms with Gasteiger partial charge in [-0.05, 0) is 0 Å². The summed E-state index contributed by atoms with van der Waals surface area (Å²) in [7, 11) is 2.62. The number of rotatable bonds is 4. The van der Waals surface area contributed by atoms with Crippen LogP contribution in [-0.4, -0.2) is 23.0 Å². The fourth-order valence-electron chi connectivity index (χ4n) is 1.41. The van der Waals surface area contributed by atoms with Gasteiger partial charge < -0.3 is 9.47 Å². The molecule has 0 N–H and O–H groups in total. The first-order chi connectivity index (χ1) is 6.69. The van der Waals surface area contributed by atoms with Crippen LogP contribution in [0.15, 0.2) is 24.3 Å². The molecule has 0 saturated carbocycles. The summed E-state index contributed by atoms with van der Waals surface area (Å²) in [5, 5.41) is 1.47. The maximum Gasteiger partial charge on any atom is 0.183 e. The predicted molar refractivity (Wildman–Crippen MR) is 61.7 cm³/mol. The lowest BCUT2D eigenvalue weighted by Crippen LogP contribution is -2.22. The molecular formula is C11H18O2Si. The topological polar surface area (TPSA) is 18.5 Å². The van der Waals surface area contributed by atoms with E-state index in [0.29, 0.717) is 0 Å². The van der Waals surface area contributed by atoms with Crippen molar-refractivity contribution >= 4 is 14.0 Å². The van der Waals surface area contributed by atoms with Gasteiger partial charge in [0.15, 0.2) is 6.29 Å². The Morgan fingerprint density at radius 2 is 1.50 bits per heavy atom. The highest BCUT2D eigenvalue weighted by Crippen LogP contribution is 2.15. The second-order valence-corrected chi connectivity index (χ2v) is 6.60. The number of methoxy groups -OCH3 is 2. The minimum absolute atomic E-state index is 0.238. The molecule has 0 amide bonds. The zero-order valence-electron chi connectivity index (χ0n) is 9.28. The summed E-state index contributed by atoms with van der Waals surface area (Å²) in [6, 6.07) is 8.52. The molecule has 0 aliphatic carbocycles. The van der Waals surface area contributed by atoms with Crippen LogP contribution in [0.25, 0.3) is 0 Å². The van der Waals surface area contributed by atoms with Crippen molar-refractivity contribution in [3.8, 4) is 0 Å². The van der Waals surface area contributed by atoms with E-state index in [9.17, 15) is 0 Å². The van der Waals surface area contributed by atoms with Gasteiger partial charge in [-0.2, -0.15) is 0 Å². The summed E-state index contributed by atoms with van der Waals surface area (Å²) in [6.07, 6.45) is -0.238. The third-order valence-electron chi connectivity index (χ3n) is 2.30.